The van der Waals surface area contributed by atoms with E-state index >= 15 is 0 Å². The molecule has 0 spiro atoms. The number of thiol groups is 1. The summed E-state index contributed by atoms with van der Waals surface area (Å²) in [6.07, 6.45) is 1.66. The van der Waals surface area contributed by atoms with Gasteiger partial charge in [0, 0.05) is 55.0 Å². The second-order valence-corrected chi connectivity index (χ2v) is 7.63. The number of aromatic nitrogens is 2. The number of nitrogens with two attached hydrogens (primary N) is 1. The maximum absolute atomic E-state index is 12.4. The van der Waals surface area contributed by atoms with Gasteiger partial charge in [-0.1, -0.05) is 0 Å². The number of fused-ring (bicyclic) bond motifs is 1. The van der Waals surface area contributed by atoms with Crippen molar-refractivity contribution in [2.45, 2.75) is 17.9 Å². The van der Waals surface area contributed by atoms with Crippen molar-refractivity contribution < 1.29 is 4.79 Å². The molecule has 0 radical (unpaired) electrons. The topological polar surface area (TPSA) is 75.4 Å². The fourth-order valence-corrected chi connectivity index (χ4v) is 4.49. The molecule has 1 saturated heterocycles. The molecule has 2 aliphatic heterocycles. The summed E-state index contributed by atoms with van der Waals surface area (Å²) in [6, 6.07) is 0. The van der Waals surface area contributed by atoms with Gasteiger partial charge in [0.25, 0.3) is 0 Å². The number of anilines is 1. The maximum Gasteiger partial charge on any atom is 0.227 e. The molecule has 1 fully saturated rings. The first-order valence-corrected chi connectivity index (χ1v) is 9.63. The number of nitrogens with zero attached hydrogens (tertiary/aromatic N) is 4. The van der Waals surface area contributed by atoms with Crippen LogP contribution in [0.15, 0.2) is 6.33 Å². The van der Waals surface area contributed by atoms with Gasteiger partial charge in [-0.25, -0.2) is 9.97 Å². The van der Waals surface area contributed by atoms with Crippen molar-refractivity contribution in [3.8, 4) is 0 Å². The highest BCUT2D eigenvalue weighted by atomic mass is 32.2. The van der Waals surface area contributed by atoms with E-state index < -0.39 is 0 Å². The van der Waals surface area contributed by atoms with Crippen molar-refractivity contribution in [3.63, 3.8) is 0 Å². The highest BCUT2D eigenvalue weighted by Gasteiger charge is 2.30. The molecule has 1 aromatic heterocycles. The van der Waals surface area contributed by atoms with E-state index in [4.69, 9.17) is 5.73 Å². The van der Waals surface area contributed by atoms with Crippen LogP contribution in [-0.4, -0.2) is 59.3 Å². The molecule has 126 valence electrons. The minimum Gasteiger partial charge on any atom is -0.353 e. The van der Waals surface area contributed by atoms with Crippen LogP contribution in [0.4, 0.5) is 5.82 Å². The number of rotatable bonds is 4. The molecular weight excluding hydrogens is 330 g/mol. The molecular formula is C15H23N5OS2. The predicted octanol–water partition coefficient (Wildman–Crippen LogP) is 0.938. The Morgan fingerprint density at radius 3 is 2.83 bits per heavy atom. The first kappa shape index (κ1) is 16.9. The average Bonchev–Trinajstić information content (AvgIpc) is 2.97. The Morgan fingerprint density at radius 1 is 1.43 bits per heavy atom. The predicted molar refractivity (Wildman–Crippen MR) is 96.9 cm³/mol. The molecule has 0 saturated carbocycles. The highest BCUT2D eigenvalue weighted by molar-refractivity contribution is 7.99. The van der Waals surface area contributed by atoms with Crippen molar-refractivity contribution in [3.05, 3.63) is 17.6 Å². The minimum atomic E-state index is -0.176. The smallest absolute Gasteiger partial charge is 0.227 e. The van der Waals surface area contributed by atoms with Gasteiger partial charge in [0.1, 0.15) is 12.1 Å². The summed E-state index contributed by atoms with van der Waals surface area (Å²) < 4.78 is 0. The average molecular weight is 354 g/mol. The second-order valence-electron chi connectivity index (χ2n) is 5.94. The lowest BCUT2D eigenvalue weighted by Gasteiger charge is -2.37. The summed E-state index contributed by atoms with van der Waals surface area (Å²) in [5.41, 5.74) is 8.09. The third-order valence-electron chi connectivity index (χ3n) is 4.57. The Morgan fingerprint density at radius 2 is 2.17 bits per heavy atom. The molecule has 2 atom stereocenters. The van der Waals surface area contributed by atoms with Crippen LogP contribution in [0.2, 0.25) is 0 Å². The largest absolute Gasteiger partial charge is 0.353 e. The number of carbonyl (C=O) groups is 1. The summed E-state index contributed by atoms with van der Waals surface area (Å²) in [6.45, 7) is 5.60. The van der Waals surface area contributed by atoms with E-state index in [1.165, 1.54) is 5.56 Å². The Bertz CT molecular complexity index is 573. The lowest BCUT2D eigenvalue weighted by molar-refractivity contribution is -0.134. The van der Waals surface area contributed by atoms with Crippen LogP contribution in [0.5, 0.6) is 0 Å². The number of thioether (sulfide) groups is 1. The van der Waals surface area contributed by atoms with Crippen LogP contribution in [0.1, 0.15) is 23.4 Å². The summed E-state index contributed by atoms with van der Waals surface area (Å²) in [7, 11) is 0. The Hall–Kier alpha value is -0.990. The monoisotopic (exact) mass is 353 g/mol. The quantitative estimate of drug-likeness (QED) is 0.785. The van der Waals surface area contributed by atoms with Gasteiger partial charge in [0.2, 0.25) is 5.91 Å². The molecule has 1 aromatic rings. The first-order valence-electron chi connectivity index (χ1n) is 7.95. The molecule has 1 amide bonds. The lowest BCUT2D eigenvalue weighted by Crippen LogP contribution is -2.52. The number of hydrogen-bond donors (Lipinski definition) is 2. The highest BCUT2D eigenvalue weighted by Crippen LogP contribution is 2.44. The van der Waals surface area contributed by atoms with Gasteiger partial charge in [-0.2, -0.15) is 12.6 Å². The summed E-state index contributed by atoms with van der Waals surface area (Å²) in [5.74, 6) is 2.46. The van der Waals surface area contributed by atoms with E-state index in [-0.39, 0.29) is 11.8 Å². The van der Waals surface area contributed by atoms with Crippen LogP contribution in [-0.2, 0) is 10.5 Å². The normalized spacial score (nSPS) is 22.1. The van der Waals surface area contributed by atoms with Crippen molar-refractivity contribution >= 4 is 36.1 Å². The van der Waals surface area contributed by atoms with Crippen LogP contribution in [0.25, 0.3) is 0 Å². The molecule has 2 unspecified atom stereocenters. The number of carbonyl (C=O) groups excluding carboxylic acids is 1. The molecule has 3 heterocycles. The van der Waals surface area contributed by atoms with Gasteiger partial charge in [-0.3, -0.25) is 4.79 Å². The van der Waals surface area contributed by atoms with Crippen molar-refractivity contribution in [1.29, 1.82) is 0 Å². The Kier molecular flexibility index (Phi) is 5.33. The summed E-state index contributed by atoms with van der Waals surface area (Å²) >= 11 is 6.13. The second kappa shape index (κ2) is 7.27. The van der Waals surface area contributed by atoms with E-state index in [1.807, 2.05) is 16.7 Å². The van der Waals surface area contributed by atoms with Crippen LogP contribution < -0.4 is 10.6 Å². The number of amides is 1. The fraction of sp³-hybridized carbons (Fsp3) is 0.667. The maximum atomic E-state index is 12.4. The van der Waals surface area contributed by atoms with Gasteiger partial charge in [-0.05, 0) is 6.92 Å². The van der Waals surface area contributed by atoms with E-state index in [2.05, 4.69) is 34.4 Å². The van der Waals surface area contributed by atoms with Gasteiger partial charge in [0.15, 0.2) is 0 Å². The number of piperazine rings is 1. The number of hydrogen-bond acceptors (Lipinski definition) is 7. The Labute approximate surface area is 146 Å². The molecule has 6 nitrogen and oxygen atoms in total. The molecule has 23 heavy (non-hydrogen) atoms. The molecule has 8 heteroatoms. The van der Waals surface area contributed by atoms with E-state index in [0.29, 0.717) is 30.6 Å². The summed E-state index contributed by atoms with van der Waals surface area (Å²) in [4.78, 5) is 25.5. The van der Waals surface area contributed by atoms with Crippen LogP contribution in [0, 0.1) is 5.92 Å². The van der Waals surface area contributed by atoms with Crippen LogP contribution >= 0.6 is 24.4 Å². The molecule has 2 N–H and O–H groups in total. The zero-order valence-electron chi connectivity index (χ0n) is 13.3. The van der Waals surface area contributed by atoms with Gasteiger partial charge >= 0.3 is 0 Å². The first-order chi connectivity index (χ1) is 11.2. The Balaban J connectivity index is 1.69. The van der Waals surface area contributed by atoms with E-state index in [0.717, 1.165) is 30.4 Å². The SMILES string of the molecule is CC1SCc2ncnc(N3CCN(C(=O)C(CN)CS)CC3)c21. The van der Waals surface area contributed by atoms with E-state index in [9.17, 15) is 4.79 Å². The van der Waals surface area contributed by atoms with Crippen molar-refractivity contribution in [1.82, 2.24) is 14.9 Å². The van der Waals surface area contributed by atoms with Crippen LogP contribution in [0.3, 0.4) is 0 Å². The molecule has 0 aromatic carbocycles. The van der Waals surface area contributed by atoms with Crippen molar-refractivity contribution in [2.75, 3.05) is 43.4 Å². The zero-order chi connectivity index (χ0) is 16.4. The summed E-state index contributed by atoms with van der Waals surface area (Å²) in [5, 5.41) is 0.437. The lowest BCUT2D eigenvalue weighted by atomic mass is 10.1. The van der Waals surface area contributed by atoms with Gasteiger partial charge < -0.3 is 15.5 Å². The third kappa shape index (κ3) is 3.29. The molecule has 0 bridgehead atoms. The fourth-order valence-electron chi connectivity index (χ4n) is 3.14. The van der Waals surface area contributed by atoms with Gasteiger partial charge in [0.05, 0.1) is 11.6 Å². The molecule has 0 aliphatic carbocycles. The minimum absolute atomic E-state index is 0.124. The molecule has 2 aliphatic rings. The zero-order valence-corrected chi connectivity index (χ0v) is 15.0. The molecule has 3 rings (SSSR count). The van der Waals surface area contributed by atoms with E-state index in [1.54, 1.807) is 6.33 Å². The van der Waals surface area contributed by atoms with Crippen molar-refractivity contribution in [2.24, 2.45) is 11.7 Å². The third-order valence-corrected chi connectivity index (χ3v) is 6.18. The standard InChI is InChI=1S/C15H23N5OS2/c1-10-13-12(8-23-10)17-9-18-14(13)19-2-4-20(5-3-19)15(21)11(6-16)7-22/h9-11,22H,2-8,16H2,1H3. The van der Waals surface area contributed by atoms with Gasteiger partial charge in [-0.15, -0.1) is 11.8 Å².